The van der Waals surface area contributed by atoms with Crippen LogP contribution in [0.1, 0.15) is 28.8 Å². The molecule has 0 aliphatic carbocycles. The smallest absolute Gasteiger partial charge is 0.267 e. The Morgan fingerprint density at radius 2 is 1.53 bits per heavy atom. The number of para-hydroxylation sites is 1. The third kappa shape index (κ3) is 4.41. The molecule has 0 saturated carbocycles. The van der Waals surface area contributed by atoms with E-state index < -0.39 is 0 Å². The molecular weight excluding hydrogens is 394 g/mol. The second-order valence-corrected chi connectivity index (χ2v) is 8.46. The van der Waals surface area contributed by atoms with Crippen LogP contribution in [0.25, 0.3) is 10.9 Å². The monoisotopic (exact) mass is 421 g/mol. The number of fused-ring (bicyclic) bond motifs is 1. The van der Waals surface area contributed by atoms with Gasteiger partial charge in [0.2, 0.25) is 0 Å². The number of benzene rings is 3. The van der Waals surface area contributed by atoms with E-state index in [1.807, 2.05) is 65.8 Å². The van der Waals surface area contributed by atoms with Gasteiger partial charge < -0.3 is 0 Å². The highest BCUT2D eigenvalue weighted by Crippen LogP contribution is 2.28. The van der Waals surface area contributed by atoms with Crippen molar-refractivity contribution in [2.75, 3.05) is 18.1 Å². The van der Waals surface area contributed by atoms with Crippen LogP contribution in [-0.4, -0.2) is 29.0 Å². The zero-order valence-electron chi connectivity index (χ0n) is 18.1. The molecule has 1 aliphatic heterocycles. The van der Waals surface area contributed by atoms with Crippen LogP contribution in [0.4, 0.5) is 5.69 Å². The van der Waals surface area contributed by atoms with Crippen molar-refractivity contribution >= 4 is 22.5 Å². The van der Waals surface area contributed by atoms with Crippen molar-refractivity contribution < 1.29 is 4.79 Å². The van der Waals surface area contributed by atoms with Crippen molar-refractivity contribution in [2.24, 2.45) is 5.92 Å². The summed E-state index contributed by atoms with van der Waals surface area (Å²) in [4.78, 5) is 18.2. The van der Waals surface area contributed by atoms with E-state index in [2.05, 4.69) is 46.4 Å². The fourth-order valence-electron chi connectivity index (χ4n) is 4.56. The summed E-state index contributed by atoms with van der Waals surface area (Å²) in [5, 5.41) is 5.07. The third-order valence-corrected chi connectivity index (χ3v) is 6.27. The second kappa shape index (κ2) is 9.33. The number of amides is 1. The lowest BCUT2D eigenvalue weighted by Crippen LogP contribution is -2.50. The van der Waals surface area contributed by atoms with Crippen LogP contribution in [0, 0.1) is 5.92 Å². The highest BCUT2D eigenvalue weighted by atomic mass is 16.2. The first-order valence-corrected chi connectivity index (χ1v) is 11.3. The maximum Gasteiger partial charge on any atom is 0.272 e. The molecule has 0 spiro atoms. The van der Waals surface area contributed by atoms with Crippen LogP contribution < -0.4 is 5.01 Å². The highest BCUT2D eigenvalue weighted by molar-refractivity contribution is 6.06. The van der Waals surface area contributed by atoms with Crippen molar-refractivity contribution in [2.45, 2.75) is 19.3 Å². The number of anilines is 1. The number of hydrogen-bond acceptors (Lipinski definition) is 3. The second-order valence-electron chi connectivity index (χ2n) is 8.46. The first-order valence-electron chi connectivity index (χ1n) is 11.3. The molecule has 0 atom stereocenters. The Balaban J connectivity index is 1.40. The molecule has 32 heavy (non-hydrogen) atoms. The lowest BCUT2D eigenvalue weighted by atomic mass is 9.90. The number of pyridine rings is 1. The van der Waals surface area contributed by atoms with Gasteiger partial charge in [0.25, 0.3) is 5.91 Å². The van der Waals surface area contributed by atoms with E-state index in [0.29, 0.717) is 11.5 Å². The van der Waals surface area contributed by atoms with Crippen LogP contribution in [0.3, 0.4) is 0 Å². The maximum absolute atomic E-state index is 13.6. The van der Waals surface area contributed by atoms with Crippen LogP contribution in [0.2, 0.25) is 0 Å². The summed E-state index contributed by atoms with van der Waals surface area (Å²) in [5.74, 6) is 0.626. The van der Waals surface area contributed by atoms with Crippen molar-refractivity contribution in [1.82, 2.24) is 9.99 Å². The molecular formula is C28H27N3O. The Labute approximate surface area is 189 Å². The molecule has 1 fully saturated rings. The Morgan fingerprint density at radius 1 is 0.875 bits per heavy atom. The Kier molecular flexibility index (Phi) is 5.95. The number of aromatic nitrogens is 1. The number of hydrazine groups is 1. The topological polar surface area (TPSA) is 36.4 Å². The normalized spacial score (nSPS) is 15.0. The molecule has 1 saturated heterocycles. The predicted molar refractivity (Wildman–Crippen MR) is 129 cm³/mol. The van der Waals surface area contributed by atoms with E-state index in [-0.39, 0.29) is 5.91 Å². The van der Waals surface area contributed by atoms with Gasteiger partial charge in [-0.05, 0) is 55.0 Å². The molecule has 0 N–H and O–H groups in total. The predicted octanol–water partition coefficient (Wildman–Crippen LogP) is 5.75. The summed E-state index contributed by atoms with van der Waals surface area (Å²) < 4.78 is 0. The van der Waals surface area contributed by atoms with Gasteiger partial charge in [-0.1, -0.05) is 66.7 Å². The fraction of sp³-hybridized carbons (Fsp3) is 0.214. The van der Waals surface area contributed by atoms with E-state index in [4.69, 9.17) is 0 Å². The van der Waals surface area contributed by atoms with Crippen LogP contribution in [-0.2, 0) is 6.42 Å². The Morgan fingerprint density at radius 3 is 2.28 bits per heavy atom. The summed E-state index contributed by atoms with van der Waals surface area (Å²) in [6.07, 6.45) is 5.04. The Bertz CT molecular complexity index is 1180. The van der Waals surface area contributed by atoms with Gasteiger partial charge in [0.1, 0.15) is 0 Å². The molecule has 5 rings (SSSR count). The Hall–Kier alpha value is -3.50. The molecule has 4 nitrogen and oxygen atoms in total. The average Bonchev–Trinajstić information content (AvgIpc) is 2.86. The number of nitrogens with zero attached hydrogens (tertiary/aromatic N) is 3. The molecule has 2 heterocycles. The number of rotatable bonds is 5. The van der Waals surface area contributed by atoms with Gasteiger partial charge in [0.05, 0.1) is 17.4 Å². The zero-order chi connectivity index (χ0) is 21.8. The van der Waals surface area contributed by atoms with Gasteiger partial charge in [-0.15, -0.1) is 0 Å². The van der Waals surface area contributed by atoms with Gasteiger partial charge in [-0.2, -0.15) is 0 Å². The standard InChI is InChI=1S/C28H27N3O/c32-28(24-11-5-2-6-12-24)31(26-20-25-13-7-8-14-27(25)29-21-26)30-17-15-23(16-18-30)19-22-9-3-1-4-10-22/h1-14,20-21,23H,15-19H2. The third-order valence-electron chi connectivity index (χ3n) is 6.27. The summed E-state index contributed by atoms with van der Waals surface area (Å²) >= 11 is 0. The minimum absolute atomic E-state index is 0.0100. The van der Waals surface area contributed by atoms with E-state index in [1.54, 1.807) is 0 Å². The van der Waals surface area contributed by atoms with Gasteiger partial charge >= 0.3 is 0 Å². The molecule has 1 aromatic heterocycles. The molecule has 3 aromatic carbocycles. The first-order chi connectivity index (χ1) is 15.8. The van der Waals surface area contributed by atoms with Gasteiger partial charge in [0, 0.05) is 24.0 Å². The lowest BCUT2D eigenvalue weighted by molar-refractivity contribution is 0.0845. The summed E-state index contributed by atoms with van der Waals surface area (Å²) in [5.41, 5.74) is 3.83. The number of hydrogen-bond donors (Lipinski definition) is 0. The average molecular weight is 422 g/mol. The molecule has 1 aliphatic rings. The van der Waals surface area contributed by atoms with Gasteiger partial charge in [-0.3, -0.25) is 9.78 Å². The number of carbonyl (C=O) groups excluding carboxylic acids is 1. The maximum atomic E-state index is 13.6. The molecule has 4 aromatic rings. The van der Waals surface area contributed by atoms with E-state index in [1.165, 1.54) is 5.56 Å². The number of piperidine rings is 1. The quantitative estimate of drug-likeness (QED) is 0.412. The minimum Gasteiger partial charge on any atom is -0.267 e. The molecule has 0 bridgehead atoms. The SMILES string of the molecule is O=C(c1ccccc1)N(c1cnc2ccccc2c1)N1CCC(Cc2ccccc2)CC1. The summed E-state index contributed by atoms with van der Waals surface area (Å²) in [7, 11) is 0. The molecule has 0 unspecified atom stereocenters. The number of carbonyl (C=O) groups is 1. The van der Waals surface area contributed by atoms with E-state index in [9.17, 15) is 4.79 Å². The molecule has 0 radical (unpaired) electrons. The zero-order valence-corrected chi connectivity index (χ0v) is 18.1. The van der Waals surface area contributed by atoms with Gasteiger partial charge in [0.15, 0.2) is 0 Å². The van der Waals surface area contributed by atoms with Crippen molar-refractivity contribution in [3.63, 3.8) is 0 Å². The molecule has 4 heteroatoms. The van der Waals surface area contributed by atoms with E-state index >= 15 is 0 Å². The van der Waals surface area contributed by atoms with Gasteiger partial charge in [-0.25, -0.2) is 10.0 Å². The summed E-state index contributed by atoms with van der Waals surface area (Å²) in [6, 6.07) is 30.3. The minimum atomic E-state index is -0.0100. The van der Waals surface area contributed by atoms with E-state index in [0.717, 1.165) is 48.9 Å². The van der Waals surface area contributed by atoms with Crippen LogP contribution in [0.5, 0.6) is 0 Å². The largest absolute Gasteiger partial charge is 0.272 e. The first kappa shape index (κ1) is 20.4. The van der Waals surface area contributed by atoms with Crippen LogP contribution >= 0.6 is 0 Å². The summed E-state index contributed by atoms with van der Waals surface area (Å²) in [6.45, 7) is 1.70. The lowest BCUT2D eigenvalue weighted by Gasteiger charge is -2.39. The molecule has 1 amide bonds. The van der Waals surface area contributed by atoms with Crippen molar-refractivity contribution in [1.29, 1.82) is 0 Å². The van der Waals surface area contributed by atoms with Crippen molar-refractivity contribution in [3.05, 3.63) is 108 Å². The highest BCUT2D eigenvalue weighted by Gasteiger charge is 2.29. The molecule has 160 valence electrons. The fourth-order valence-corrected chi connectivity index (χ4v) is 4.56. The van der Waals surface area contributed by atoms with Crippen LogP contribution in [0.15, 0.2) is 97.2 Å². The van der Waals surface area contributed by atoms with Crippen molar-refractivity contribution in [3.8, 4) is 0 Å².